The second kappa shape index (κ2) is 19.9. The van der Waals surface area contributed by atoms with E-state index in [9.17, 15) is 33.6 Å². The first kappa shape index (κ1) is 44.3. The fourth-order valence-electron chi connectivity index (χ4n) is 6.23. The second-order valence-corrected chi connectivity index (χ2v) is 16.5. The fourth-order valence-corrected chi connectivity index (χ4v) is 7.51. The van der Waals surface area contributed by atoms with Crippen molar-refractivity contribution in [3.8, 4) is 0 Å². The van der Waals surface area contributed by atoms with Gasteiger partial charge in [0.05, 0.1) is 31.4 Å². The minimum Gasteiger partial charge on any atom is -0.352 e. The van der Waals surface area contributed by atoms with Crippen LogP contribution in [0.2, 0.25) is 0 Å². The summed E-state index contributed by atoms with van der Waals surface area (Å²) in [5, 5.41) is 19.2. The van der Waals surface area contributed by atoms with Crippen molar-refractivity contribution in [2.24, 2.45) is 28.2 Å². The van der Waals surface area contributed by atoms with Crippen molar-refractivity contribution in [3.05, 3.63) is 123 Å². The lowest BCUT2D eigenvalue weighted by molar-refractivity contribution is -0.121. The summed E-state index contributed by atoms with van der Waals surface area (Å²) in [6.45, 7) is 0.445. The van der Waals surface area contributed by atoms with Crippen LogP contribution in [0.1, 0.15) is 70.0 Å². The van der Waals surface area contributed by atoms with Crippen molar-refractivity contribution in [3.63, 3.8) is 0 Å². The zero-order valence-corrected chi connectivity index (χ0v) is 36.4. The summed E-state index contributed by atoms with van der Waals surface area (Å²) in [6.07, 6.45) is 9.66. The molecule has 6 heterocycles. The molecular weight excluding hydrogens is 884 g/mol. The normalized spacial score (nSPS) is 10.8. The van der Waals surface area contributed by atoms with E-state index in [0.29, 0.717) is 34.2 Å². The van der Waals surface area contributed by atoms with Gasteiger partial charge < -0.3 is 55.5 Å². The molecule has 6 rings (SSSR count). The highest BCUT2D eigenvalue weighted by Gasteiger charge is 2.20. The van der Waals surface area contributed by atoms with Crippen molar-refractivity contribution in [2.45, 2.75) is 19.4 Å². The van der Waals surface area contributed by atoms with E-state index in [1.807, 2.05) is 6.07 Å². The third kappa shape index (κ3) is 11.5. The van der Waals surface area contributed by atoms with Crippen LogP contribution in [0.3, 0.4) is 0 Å². The van der Waals surface area contributed by atoms with E-state index in [1.54, 1.807) is 98.8 Å². The van der Waals surface area contributed by atoms with Gasteiger partial charge in [-0.15, -0.1) is 11.3 Å². The Bertz CT molecular complexity index is 2660. The van der Waals surface area contributed by atoms with Gasteiger partial charge in [0.1, 0.15) is 22.8 Å². The minimum atomic E-state index is -0.485. The molecule has 0 aliphatic carbocycles. The summed E-state index contributed by atoms with van der Waals surface area (Å²) < 4.78 is 7.02. The molecule has 19 nitrogen and oxygen atoms in total. The molecule has 0 saturated carbocycles. The standard InChI is InChI=1S/C41H43BrN12O7S/c1-51-21-26(15-29(51)37(57)44-12-9-35(55)46-19-24-6-5-11-43-18-24)48-39(59)31-14-25(20-53(31)3)47-36(56)10-13-45-38(58)30-16-27(22-52(30)2)49-40(60)32-17-28(23-54(32)4)50-41(61)33-7-8-34(42)62-33/h5-8,11,14-18,20-23H,9-10,12-13,19H2,1-4H3,(H,44,57)(H,45,58)(H,46,55)(H,47,56)(H,48,59)(H,49,60)(H,50,61). The fraction of sp³-hybridized carbons (Fsp3) is 0.220. The maximum absolute atomic E-state index is 13.2. The smallest absolute Gasteiger partial charge is 0.272 e. The molecule has 0 aromatic carbocycles. The van der Waals surface area contributed by atoms with Crippen LogP contribution in [0.4, 0.5) is 22.7 Å². The molecule has 0 saturated heterocycles. The van der Waals surface area contributed by atoms with Gasteiger partial charge >= 0.3 is 0 Å². The SMILES string of the molecule is Cn1cc(NC(=O)c2cc(NC(=O)CCNC(=O)c3cc(NC(=O)c4cc(NC(=O)c5ccc(Br)s5)cn4C)cn3C)cn2C)cc1C(=O)NCCC(=O)NCc1cccnc1. The van der Waals surface area contributed by atoms with Crippen LogP contribution in [0, 0.1) is 0 Å². The minimum absolute atomic E-state index is 0.00127. The summed E-state index contributed by atoms with van der Waals surface area (Å²) in [5.41, 5.74) is 3.41. The number of nitrogens with one attached hydrogen (secondary N) is 7. The Morgan fingerprint density at radius 1 is 0.565 bits per heavy atom. The highest BCUT2D eigenvalue weighted by molar-refractivity contribution is 9.11. The monoisotopic (exact) mass is 926 g/mol. The maximum atomic E-state index is 13.2. The van der Waals surface area contributed by atoms with Gasteiger partial charge in [0.15, 0.2) is 0 Å². The zero-order valence-electron chi connectivity index (χ0n) is 34.0. The second-order valence-electron chi connectivity index (χ2n) is 14.1. The Morgan fingerprint density at radius 2 is 1.02 bits per heavy atom. The predicted octanol–water partition coefficient (Wildman–Crippen LogP) is 4.21. The molecule has 7 N–H and O–H groups in total. The Morgan fingerprint density at radius 3 is 1.47 bits per heavy atom. The molecule has 0 atom stereocenters. The molecule has 0 bridgehead atoms. The number of amides is 7. The Balaban J connectivity index is 0.926. The number of anilines is 4. The first-order valence-corrected chi connectivity index (χ1v) is 20.6. The molecule has 7 amide bonds. The average Bonchev–Trinajstić information content (AvgIpc) is 4.06. The number of rotatable bonds is 17. The molecule has 6 aromatic heterocycles. The van der Waals surface area contributed by atoms with Crippen LogP contribution in [-0.2, 0) is 44.3 Å². The highest BCUT2D eigenvalue weighted by atomic mass is 79.9. The van der Waals surface area contributed by atoms with Crippen LogP contribution in [0.25, 0.3) is 0 Å². The molecule has 62 heavy (non-hydrogen) atoms. The van der Waals surface area contributed by atoms with E-state index < -0.39 is 29.5 Å². The third-order valence-corrected chi connectivity index (χ3v) is 10.9. The molecule has 0 radical (unpaired) electrons. The predicted molar refractivity (Wildman–Crippen MR) is 236 cm³/mol. The van der Waals surface area contributed by atoms with Gasteiger partial charge in [-0.1, -0.05) is 6.07 Å². The largest absolute Gasteiger partial charge is 0.352 e. The summed E-state index contributed by atoms with van der Waals surface area (Å²) in [7, 11) is 6.61. The first-order chi connectivity index (χ1) is 29.6. The van der Waals surface area contributed by atoms with Crippen LogP contribution < -0.4 is 37.2 Å². The number of carbonyl (C=O) groups excluding carboxylic acids is 7. The van der Waals surface area contributed by atoms with Gasteiger partial charge in [-0.3, -0.25) is 38.5 Å². The van der Waals surface area contributed by atoms with E-state index >= 15 is 0 Å². The highest BCUT2D eigenvalue weighted by Crippen LogP contribution is 2.24. The van der Waals surface area contributed by atoms with Gasteiger partial charge in [-0.25, -0.2) is 0 Å². The van der Waals surface area contributed by atoms with E-state index in [1.165, 1.54) is 38.7 Å². The van der Waals surface area contributed by atoms with Gasteiger partial charge in [0, 0.05) is 97.8 Å². The molecule has 6 aromatic rings. The number of aromatic nitrogens is 5. The number of carbonyl (C=O) groups is 7. The molecule has 322 valence electrons. The number of halogens is 1. The molecule has 0 fully saturated rings. The third-order valence-electron chi connectivity index (χ3n) is 9.29. The van der Waals surface area contributed by atoms with E-state index in [0.717, 1.165) is 9.35 Å². The van der Waals surface area contributed by atoms with Gasteiger partial charge in [-0.2, -0.15) is 0 Å². The lowest BCUT2D eigenvalue weighted by Crippen LogP contribution is -2.31. The molecule has 0 aliphatic rings. The molecule has 0 unspecified atom stereocenters. The molecule has 21 heteroatoms. The van der Waals surface area contributed by atoms with E-state index in [-0.39, 0.29) is 60.5 Å². The summed E-state index contributed by atoms with van der Waals surface area (Å²) in [4.78, 5) is 94.2. The number of pyridine rings is 1. The quantitative estimate of drug-likeness (QED) is 0.0698. The van der Waals surface area contributed by atoms with Crippen LogP contribution >= 0.6 is 27.3 Å². The van der Waals surface area contributed by atoms with Gasteiger partial charge in [0.25, 0.3) is 29.5 Å². The number of thiophene rings is 1. The van der Waals surface area contributed by atoms with Crippen molar-refractivity contribution >= 4 is 91.4 Å². The lowest BCUT2D eigenvalue weighted by atomic mass is 10.3. The van der Waals surface area contributed by atoms with Crippen LogP contribution in [0.15, 0.2) is 89.5 Å². The van der Waals surface area contributed by atoms with Gasteiger partial charge in [-0.05, 0) is 64.0 Å². The summed E-state index contributed by atoms with van der Waals surface area (Å²) in [6, 6.07) is 13.2. The summed E-state index contributed by atoms with van der Waals surface area (Å²) in [5.74, 6) is -2.76. The van der Waals surface area contributed by atoms with E-state index in [4.69, 9.17) is 0 Å². The van der Waals surface area contributed by atoms with Crippen molar-refractivity contribution < 1.29 is 33.6 Å². The number of aryl methyl sites for hydroxylation is 4. The van der Waals surface area contributed by atoms with E-state index in [2.05, 4.69) is 58.1 Å². The lowest BCUT2D eigenvalue weighted by Gasteiger charge is -2.07. The zero-order chi connectivity index (χ0) is 44.5. The maximum Gasteiger partial charge on any atom is 0.272 e. The number of nitrogens with zero attached hydrogens (tertiary/aromatic N) is 5. The van der Waals surface area contributed by atoms with Crippen molar-refractivity contribution in [2.75, 3.05) is 34.4 Å². The Kier molecular flexibility index (Phi) is 14.2. The van der Waals surface area contributed by atoms with Crippen LogP contribution in [-0.4, -0.2) is 77.7 Å². The number of hydrogen-bond acceptors (Lipinski definition) is 9. The Labute approximate surface area is 367 Å². The van der Waals surface area contributed by atoms with Crippen molar-refractivity contribution in [1.82, 2.24) is 39.2 Å². The number of hydrogen-bond donors (Lipinski definition) is 7. The molecule has 0 aliphatic heterocycles. The van der Waals surface area contributed by atoms with Gasteiger partial charge in [0.2, 0.25) is 11.8 Å². The first-order valence-electron chi connectivity index (χ1n) is 19.0. The molecular formula is C41H43BrN12O7S. The van der Waals surface area contributed by atoms with Crippen LogP contribution in [0.5, 0.6) is 0 Å². The Hall–Kier alpha value is -7.26. The average molecular weight is 928 g/mol. The molecule has 0 spiro atoms. The topological polar surface area (TPSA) is 236 Å². The summed E-state index contributed by atoms with van der Waals surface area (Å²) >= 11 is 4.63. The van der Waals surface area contributed by atoms with Crippen molar-refractivity contribution in [1.29, 1.82) is 0 Å².